The zero-order valence-electron chi connectivity index (χ0n) is 15.9. The third-order valence-corrected chi connectivity index (χ3v) is 5.15. The Labute approximate surface area is 172 Å². The number of aryl methyl sites for hydroxylation is 1. The summed E-state index contributed by atoms with van der Waals surface area (Å²) in [6.07, 6.45) is 3.94. The molecule has 6 nitrogen and oxygen atoms in total. The number of aromatic amines is 1. The van der Waals surface area contributed by atoms with Crippen molar-refractivity contribution < 1.29 is 10.5 Å². The number of halogens is 1. The van der Waals surface area contributed by atoms with E-state index >= 15 is 0 Å². The molecule has 1 amide bonds. The topological polar surface area (TPSA) is 97.8 Å². The van der Waals surface area contributed by atoms with Crippen molar-refractivity contribution in [3.05, 3.63) is 76.6 Å². The quantitative estimate of drug-likeness (QED) is 0.270. The molecule has 2 aromatic carbocycles. The number of H-pyrrole nitrogens is 1. The van der Waals surface area contributed by atoms with Crippen LogP contribution in [0, 0.1) is 6.92 Å². The lowest BCUT2D eigenvalue weighted by molar-refractivity contribution is -0.403. The molecule has 7 heteroatoms. The maximum Gasteiger partial charge on any atom is 0.298 e. The highest BCUT2D eigenvalue weighted by Crippen LogP contribution is 2.20. The lowest BCUT2D eigenvalue weighted by Gasteiger charge is -2.06. The van der Waals surface area contributed by atoms with E-state index in [4.69, 9.17) is 11.6 Å². The number of rotatable bonds is 5. The van der Waals surface area contributed by atoms with Gasteiger partial charge in [-0.15, -0.1) is 0 Å². The fourth-order valence-corrected chi connectivity index (χ4v) is 3.47. The molecule has 4 aromatic rings. The highest BCUT2D eigenvalue weighted by Gasteiger charge is 2.19. The van der Waals surface area contributed by atoms with Gasteiger partial charge in [0.1, 0.15) is 5.15 Å². The zero-order valence-corrected chi connectivity index (χ0v) is 16.7. The predicted octanol–water partition coefficient (Wildman–Crippen LogP) is 2.98. The van der Waals surface area contributed by atoms with E-state index in [1.54, 1.807) is 0 Å². The molecule has 0 unspecified atom stereocenters. The molecule has 0 fully saturated rings. The molecule has 0 aliphatic rings. The van der Waals surface area contributed by atoms with Crippen LogP contribution in [0.15, 0.2) is 59.8 Å². The van der Waals surface area contributed by atoms with E-state index in [1.165, 1.54) is 6.21 Å². The molecule has 0 aliphatic carbocycles. The molecule has 0 radical (unpaired) electrons. The number of para-hydroxylation sites is 1. The second kappa shape index (κ2) is 8.03. The number of hydrogen-bond acceptors (Lipinski definition) is 3. The molecule has 4 rings (SSSR count). The van der Waals surface area contributed by atoms with Crippen LogP contribution in [0.2, 0.25) is 5.15 Å². The van der Waals surface area contributed by atoms with Crippen LogP contribution < -0.4 is 11.2 Å². The molecule has 146 valence electrons. The second-order valence-electron chi connectivity index (χ2n) is 7.06. The summed E-state index contributed by atoms with van der Waals surface area (Å²) in [7, 11) is 0. The number of fused-ring (bicyclic) bond motifs is 2. The van der Waals surface area contributed by atoms with Crippen LogP contribution in [0.3, 0.4) is 0 Å². The minimum absolute atomic E-state index is 0.257. The molecule has 5 N–H and O–H groups in total. The van der Waals surface area contributed by atoms with Gasteiger partial charge in [0.15, 0.2) is 6.04 Å². The second-order valence-corrected chi connectivity index (χ2v) is 7.42. The highest BCUT2D eigenvalue weighted by atomic mass is 35.5. The molecular formula is C22H21ClN5O+. The Balaban J connectivity index is 1.43. The van der Waals surface area contributed by atoms with E-state index in [1.807, 2.05) is 61.7 Å². The molecule has 0 saturated heterocycles. The summed E-state index contributed by atoms with van der Waals surface area (Å²) in [6.45, 7) is 2.01. The van der Waals surface area contributed by atoms with Gasteiger partial charge in [0.2, 0.25) is 0 Å². The van der Waals surface area contributed by atoms with Crippen LogP contribution in [-0.2, 0) is 11.2 Å². The number of hydrazone groups is 1. The lowest BCUT2D eigenvalue weighted by atomic mass is 10.1. The number of pyridine rings is 1. The Kier molecular flexibility index (Phi) is 5.29. The lowest BCUT2D eigenvalue weighted by Crippen LogP contribution is -2.68. The Hall–Kier alpha value is -3.22. The van der Waals surface area contributed by atoms with Crippen molar-refractivity contribution in [2.24, 2.45) is 5.10 Å². The number of nitrogens with one attached hydrogen (secondary N) is 2. The van der Waals surface area contributed by atoms with Gasteiger partial charge in [-0.3, -0.25) is 4.79 Å². The maximum absolute atomic E-state index is 12.4. The molecule has 0 saturated carbocycles. The number of carbonyl (C=O) groups is 1. The average Bonchev–Trinajstić information content (AvgIpc) is 3.11. The first kappa shape index (κ1) is 19.1. The number of amides is 1. The highest BCUT2D eigenvalue weighted by molar-refractivity contribution is 6.32. The smallest absolute Gasteiger partial charge is 0.298 e. The minimum Gasteiger partial charge on any atom is -0.361 e. The summed E-state index contributed by atoms with van der Waals surface area (Å²) in [6, 6.07) is 15.4. The molecule has 2 heterocycles. The first-order valence-electron chi connectivity index (χ1n) is 9.29. The van der Waals surface area contributed by atoms with E-state index in [0.29, 0.717) is 17.1 Å². The SMILES string of the molecule is Cc1ccc2cc(/C=N\NC(=O)[C@@H]([NH3+])Cc3c[nH]c4ccccc34)c(Cl)nc2c1. The number of aromatic nitrogens is 2. The van der Waals surface area contributed by atoms with E-state index in [9.17, 15) is 4.79 Å². The van der Waals surface area contributed by atoms with Crippen molar-refractivity contribution >= 4 is 45.5 Å². The largest absolute Gasteiger partial charge is 0.361 e. The molecule has 2 aromatic heterocycles. The van der Waals surface area contributed by atoms with Gasteiger partial charge in [-0.2, -0.15) is 5.10 Å². The van der Waals surface area contributed by atoms with Crippen LogP contribution in [0.4, 0.5) is 0 Å². The Bertz CT molecular complexity index is 1230. The summed E-state index contributed by atoms with van der Waals surface area (Å²) >= 11 is 6.25. The van der Waals surface area contributed by atoms with Crippen molar-refractivity contribution in [1.82, 2.24) is 15.4 Å². The first-order chi connectivity index (χ1) is 14.0. The van der Waals surface area contributed by atoms with Gasteiger partial charge in [0.05, 0.1) is 11.7 Å². The van der Waals surface area contributed by atoms with Gasteiger partial charge in [0, 0.05) is 34.5 Å². The average molecular weight is 407 g/mol. The number of quaternary nitrogens is 1. The fourth-order valence-electron chi connectivity index (χ4n) is 3.28. The van der Waals surface area contributed by atoms with Crippen molar-refractivity contribution in [3.63, 3.8) is 0 Å². The molecule has 1 atom stereocenters. The van der Waals surface area contributed by atoms with Gasteiger partial charge in [0.25, 0.3) is 5.91 Å². The van der Waals surface area contributed by atoms with E-state index in [0.717, 1.165) is 32.9 Å². The van der Waals surface area contributed by atoms with Crippen LogP contribution in [0.5, 0.6) is 0 Å². The summed E-state index contributed by atoms with van der Waals surface area (Å²) in [5, 5.41) is 6.44. The van der Waals surface area contributed by atoms with Crippen LogP contribution >= 0.6 is 11.6 Å². The van der Waals surface area contributed by atoms with E-state index in [-0.39, 0.29) is 5.91 Å². The van der Waals surface area contributed by atoms with Crippen molar-refractivity contribution in [3.8, 4) is 0 Å². The molecular weight excluding hydrogens is 386 g/mol. The van der Waals surface area contributed by atoms with Crippen LogP contribution in [0.1, 0.15) is 16.7 Å². The first-order valence-corrected chi connectivity index (χ1v) is 9.67. The summed E-state index contributed by atoms with van der Waals surface area (Å²) in [5.74, 6) is -0.257. The maximum atomic E-state index is 12.4. The molecule has 0 bridgehead atoms. The normalized spacial score (nSPS) is 12.7. The number of benzene rings is 2. The third-order valence-electron chi connectivity index (χ3n) is 4.84. The Morgan fingerprint density at radius 1 is 1.31 bits per heavy atom. The van der Waals surface area contributed by atoms with Crippen molar-refractivity contribution in [2.75, 3.05) is 0 Å². The van der Waals surface area contributed by atoms with Crippen molar-refractivity contribution in [2.45, 2.75) is 19.4 Å². The number of hydrogen-bond donors (Lipinski definition) is 3. The third kappa shape index (κ3) is 4.13. The summed E-state index contributed by atoms with van der Waals surface area (Å²) in [4.78, 5) is 20.0. The van der Waals surface area contributed by atoms with E-state index < -0.39 is 6.04 Å². The minimum atomic E-state index is -0.473. The molecule has 0 spiro atoms. The molecule has 0 aliphatic heterocycles. The Morgan fingerprint density at radius 2 is 2.14 bits per heavy atom. The summed E-state index contributed by atoms with van der Waals surface area (Å²) < 4.78 is 0. The fraction of sp³-hybridized carbons (Fsp3) is 0.136. The Morgan fingerprint density at radius 3 is 3.00 bits per heavy atom. The monoisotopic (exact) mass is 406 g/mol. The zero-order chi connectivity index (χ0) is 20.4. The van der Waals surface area contributed by atoms with E-state index in [2.05, 4.69) is 26.2 Å². The van der Waals surface area contributed by atoms with Gasteiger partial charge in [-0.05, 0) is 36.2 Å². The standard InChI is InChI=1S/C22H20ClN5O/c1-13-6-7-14-9-16(21(23)27-20(14)8-13)12-26-28-22(29)18(24)10-15-11-25-19-5-3-2-4-17(15)19/h2-9,11-12,18,25H,10,24H2,1H3,(H,28,29)/p+1/b26-12-/t18-/m0/s1. The summed E-state index contributed by atoms with van der Waals surface area (Å²) in [5.41, 5.74) is 11.2. The van der Waals surface area contributed by atoms with Crippen LogP contribution in [0.25, 0.3) is 21.8 Å². The van der Waals surface area contributed by atoms with Gasteiger partial charge < -0.3 is 10.7 Å². The van der Waals surface area contributed by atoms with Gasteiger partial charge in [-0.25, -0.2) is 10.4 Å². The van der Waals surface area contributed by atoms with Gasteiger partial charge in [-0.1, -0.05) is 41.9 Å². The predicted molar refractivity (Wildman–Crippen MR) is 116 cm³/mol. The number of carbonyl (C=O) groups excluding carboxylic acids is 1. The van der Waals surface area contributed by atoms with Gasteiger partial charge >= 0.3 is 0 Å². The van der Waals surface area contributed by atoms with Crippen LogP contribution in [-0.4, -0.2) is 28.1 Å². The molecule has 29 heavy (non-hydrogen) atoms. The number of nitrogens with zero attached hydrogens (tertiary/aromatic N) is 2. The van der Waals surface area contributed by atoms with Crippen molar-refractivity contribution in [1.29, 1.82) is 0 Å².